The molecule has 1 aromatic heterocycles. The van der Waals surface area contributed by atoms with E-state index in [1.807, 2.05) is 0 Å². The molecule has 1 heterocycles. The fourth-order valence-corrected chi connectivity index (χ4v) is 1.94. The van der Waals surface area contributed by atoms with Gasteiger partial charge in [0.15, 0.2) is 17.4 Å². The predicted octanol–water partition coefficient (Wildman–Crippen LogP) is 1.26. The standard InChI is InChI=1S/C12H14F2N4O/c1-18-12(10(19-2)6-16-18)11(17-15)7-3-4-8(13)9(14)5-7/h3-6,11,17H,15H2,1-2H3. The minimum absolute atomic E-state index is 0.475. The Morgan fingerprint density at radius 1 is 1.37 bits per heavy atom. The first kappa shape index (κ1) is 13.4. The van der Waals surface area contributed by atoms with E-state index in [0.717, 1.165) is 12.1 Å². The van der Waals surface area contributed by atoms with Crippen LogP contribution in [0.1, 0.15) is 17.3 Å². The first-order valence-electron chi connectivity index (χ1n) is 5.55. The summed E-state index contributed by atoms with van der Waals surface area (Å²) >= 11 is 0. The van der Waals surface area contributed by atoms with Crippen LogP contribution in [0.4, 0.5) is 8.78 Å². The molecule has 2 aromatic rings. The molecule has 2 rings (SSSR count). The summed E-state index contributed by atoms with van der Waals surface area (Å²) in [6, 6.07) is 3.04. The zero-order valence-corrected chi connectivity index (χ0v) is 10.5. The van der Waals surface area contributed by atoms with Gasteiger partial charge in [0, 0.05) is 7.05 Å². The van der Waals surface area contributed by atoms with Gasteiger partial charge in [-0.25, -0.2) is 14.2 Å². The summed E-state index contributed by atoms with van der Waals surface area (Å²) in [4.78, 5) is 0. The number of aromatic nitrogens is 2. The Balaban J connectivity index is 2.49. The van der Waals surface area contributed by atoms with Crippen LogP contribution < -0.4 is 16.0 Å². The SMILES string of the molecule is COc1cnn(C)c1C(NN)c1ccc(F)c(F)c1. The Labute approximate surface area is 108 Å². The van der Waals surface area contributed by atoms with Crippen LogP contribution in [0, 0.1) is 11.6 Å². The minimum Gasteiger partial charge on any atom is -0.493 e. The number of nitrogens with two attached hydrogens (primary N) is 1. The molecule has 3 N–H and O–H groups in total. The van der Waals surface area contributed by atoms with Crippen LogP contribution >= 0.6 is 0 Å². The third-order valence-electron chi connectivity index (χ3n) is 2.89. The Morgan fingerprint density at radius 2 is 2.11 bits per heavy atom. The van der Waals surface area contributed by atoms with Crippen molar-refractivity contribution >= 4 is 0 Å². The number of nitrogens with one attached hydrogen (secondary N) is 1. The highest BCUT2D eigenvalue weighted by Gasteiger charge is 2.22. The van der Waals surface area contributed by atoms with Gasteiger partial charge in [-0.2, -0.15) is 5.10 Å². The molecule has 7 heteroatoms. The molecule has 0 aliphatic heterocycles. The Hall–Kier alpha value is -1.99. The predicted molar refractivity (Wildman–Crippen MR) is 65.3 cm³/mol. The van der Waals surface area contributed by atoms with E-state index in [-0.39, 0.29) is 0 Å². The number of hydrogen-bond acceptors (Lipinski definition) is 4. The van der Waals surface area contributed by atoms with Crippen molar-refractivity contribution in [2.24, 2.45) is 12.9 Å². The van der Waals surface area contributed by atoms with Gasteiger partial charge in [0.25, 0.3) is 0 Å². The van der Waals surface area contributed by atoms with Gasteiger partial charge in [-0.1, -0.05) is 6.07 Å². The minimum atomic E-state index is -0.932. The van der Waals surface area contributed by atoms with Gasteiger partial charge in [0.05, 0.1) is 19.3 Å². The molecule has 0 amide bonds. The largest absolute Gasteiger partial charge is 0.493 e. The molecule has 5 nitrogen and oxygen atoms in total. The molecule has 0 bridgehead atoms. The average Bonchev–Trinajstić information content (AvgIpc) is 2.76. The van der Waals surface area contributed by atoms with E-state index >= 15 is 0 Å². The fraction of sp³-hybridized carbons (Fsp3) is 0.250. The second-order valence-corrected chi connectivity index (χ2v) is 4.00. The number of hydrazine groups is 1. The molecule has 1 unspecified atom stereocenters. The highest BCUT2D eigenvalue weighted by molar-refractivity contribution is 5.36. The Morgan fingerprint density at radius 3 is 2.68 bits per heavy atom. The van der Waals surface area contributed by atoms with Gasteiger partial charge in [0.2, 0.25) is 0 Å². The van der Waals surface area contributed by atoms with Crippen molar-refractivity contribution in [3.8, 4) is 5.75 Å². The van der Waals surface area contributed by atoms with Crippen LogP contribution in [0.15, 0.2) is 24.4 Å². The van der Waals surface area contributed by atoms with Crippen LogP contribution in [-0.2, 0) is 7.05 Å². The maximum absolute atomic E-state index is 13.3. The summed E-state index contributed by atoms with van der Waals surface area (Å²) in [7, 11) is 3.21. The monoisotopic (exact) mass is 268 g/mol. The second-order valence-electron chi connectivity index (χ2n) is 4.00. The summed E-state index contributed by atoms with van der Waals surface area (Å²) in [5, 5.41) is 4.05. The number of rotatable bonds is 4. The molecule has 0 radical (unpaired) electrons. The first-order chi connectivity index (χ1) is 9.08. The highest BCUT2D eigenvalue weighted by Crippen LogP contribution is 2.29. The van der Waals surface area contributed by atoms with E-state index in [1.54, 1.807) is 11.7 Å². The van der Waals surface area contributed by atoms with Crippen molar-refractivity contribution < 1.29 is 13.5 Å². The van der Waals surface area contributed by atoms with Crippen molar-refractivity contribution in [3.63, 3.8) is 0 Å². The van der Waals surface area contributed by atoms with Crippen LogP contribution in [0.3, 0.4) is 0 Å². The molecule has 19 heavy (non-hydrogen) atoms. The molecule has 1 aromatic carbocycles. The van der Waals surface area contributed by atoms with Crippen molar-refractivity contribution in [2.75, 3.05) is 7.11 Å². The molecule has 1 atom stereocenters. The van der Waals surface area contributed by atoms with Crippen LogP contribution in [0.2, 0.25) is 0 Å². The van der Waals surface area contributed by atoms with E-state index in [4.69, 9.17) is 10.6 Å². The summed E-state index contributed by atoms with van der Waals surface area (Å²) in [5.41, 5.74) is 3.65. The smallest absolute Gasteiger partial charge is 0.161 e. The topological polar surface area (TPSA) is 65.1 Å². The van der Waals surface area contributed by atoms with Crippen LogP contribution in [-0.4, -0.2) is 16.9 Å². The summed E-state index contributed by atoms with van der Waals surface area (Å²) < 4.78 is 33.0. The quantitative estimate of drug-likeness (QED) is 0.647. The van der Waals surface area contributed by atoms with Crippen LogP contribution in [0.5, 0.6) is 5.75 Å². The maximum Gasteiger partial charge on any atom is 0.161 e. The van der Waals surface area contributed by atoms with Crippen molar-refractivity contribution in [2.45, 2.75) is 6.04 Å². The number of benzene rings is 1. The molecule has 0 fully saturated rings. The molecule has 0 spiro atoms. The third-order valence-corrected chi connectivity index (χ3v) is 2.89. The molecular weight excluding hydrogens is 254 g/mol. The van der Waals surface area contributed by atoms with Gasteiger partial charge < -0.3 is 4.74 Å². The summed E-state index contributed by atoms with van der Waals surface area (Å²) in [6.45, 7) is 0. The average molecular weight is 268 g/mol. The lowest BCUT2D eigenvalue weighted by atomic mass is 10.0. The van der Waals surface area contributed by atoms with E-state index in [2.05, 4.69) is 10.5 Å². The summed E-state index contributed by atoms with van der Waals surface area (Å²) in [5.74, 6) is 4.19. The van der Waals surface area contributed by atoms with Crippen molar-refractivity contribution in [3.05, 3.63) is 47.3 Å². The lowest BCUT2D eigenvalue weighted by molar-refractivity contribution is 0.401. The highest BCUT2D eigenvalue weighted by atomic mass is 19.2. The van der Waals surface area contributed by atoms with Crippen molar-refractivity contribution in [1.82, 2.24) is 15.2 Å². The normalized spacial score (nSPS) is 12.5. The number of ether oxygens (including phenoxy) is 1. The number of aryl methyl sites for hydroxylation is 1. The van der Waals surface area contributed by atoms with Gasteiger partial charge in [-0.15, -0.1) is 0 Å². The molecule has 0 aliphatic rings. The maximum atomic E-state index is 13.3. The first-order valence-corrected chi connectivity index (χ1v) is 5.55. The zero-order chi connectivity index (χ0) is 14.0. The number of hydrogen-bond donors (Lipinski definition) is 2. The Bertz CT molecular complexity index is 585. The summed E-state index contributed by atoms with van der Waals surface area (Å²) in [6.07, 6.45) is 1.53. The second kappa shape index (κ2) is 5.33. The van der Waals surface area contributed by atoms with Crippen LogP contribution in [0.25, 0.3) is 0 Å². The van der Waals surface area contributed by atoms with Gasteiger partial charge in [0.1, 0.15) is 5.69 Å². The number of methoxy groups -OCH3 is 1. The molecule has 0 saturated carbocycles. The van der Waals surface area contributed by atoms with Crippen molar-refractivity contribution in [1.29, 1.82) is 0 Å². The van der Waals surface area contributed by atoms with E-state index in [9.17, 15) is 8.78 Å². The molecule has 102 valence electrons. The van der Waals surface area contributed by atoms with E-state index in [1.165, 1.54) is 19.4 Å². The Kier molecular flexibility index (Phi) is 3.77. The van der Waals surface area contributed by atoms with E-state index < -0.39 is 17.7 Å². The zero-order valence-electron chi connectivity index (χ0n) is 10.5. The number of nitrogens with zero attached hydrogens (tertiary/aromatic N) is 2. The lowest BCUT2D eigenvalue weighted by Crippen LogP contribution is -2.30. The molecule has 0 saturated heterocycles. The van der Waals surface area contributed by atoms with Gasteiger partial charge in [-0.3, -0.25) is 10.5 Å². The fourth-order valence-electron chi connectivity index (χ4n) is 1.94. The third kappa shape index (κ3) is 2.42. The molecule has 0 aliphatic carbocycles. The van der Waals surface area contributed by atoms with Gasteiger partial charge >= 0.3 is 0 Å². The lowest BCUT2D eigenvalue weighted by Gasteiger charge is -2.18. The van der Waals surface area contributed by atoms with Gasteiger partial charge in [-0.05, 0) is 17.7 Å². The van der Waals surface area contributed by atoms with E-state index in [0.29, 0.717) is 17.0 Å². The molecular formula is C12H14F2N4O. The number of halogens is 2.